The molecule has 0 spiro atoms. The maximum Gasteiger partial charge on any atom is 0.174 e. The number of rotatable bonds is 4. The largest absolute Gasteiger partial charge is 0.351 e. The number of aromatic nitrogens is 2. The number of hydrogen-bond acceptors (Lipinski definition) is 2. The predicted octanol–water partition coefficient (Wildman–Crippen LogP) is 5.81. The molecule has 0 aliphatic carbocycles. The van der Waals surface area contributed by atoms with Crippen molar-refractivity contribution >= 4 is 23.0 Å². The van der Waals surface area contributed by atoms with Gasteiger partial charge in [0, 0.05) is 29.5 Å². The topological polar surface area (TPSA) is 33.1 Å². The van der Waals surface area contributed by atoms with Gasteiger partial charge in [0.1, 0.15) is 11.9 Å². The molecule has 0 unspecified atom stereocenters. The van der Waals surface area contributed by atoms with Gasteiger partial charge >= 0.3 is 0 Å². The fourth-order valence-corrected chi connectivity index (χ4v) is 4.63. The zero-order valence-corrected chi connectivity index (χ0v) is 18.7. The molecule has 3 heterocycles. The number of nitrogens with one attached hydrogen (secondary N) is 1. The summed E-state index contributed by atoms with van der Waals surface area (Å²) in [6, 6.07) is 23.3. The Morgan fingerprint density at radius 1 is 0.938 bits per heavy atom. The molecule has 1 N–H and O–H groups in total. The lowest BCUT2D eigenvalue weighted by atomic mass is 10.0. The molecule has 0 amide bonds. The number of pyridine rings is 1. The third-order valence-electron chi connectivity index (χ3n) is 5.91. The highest BCUT2D eigenvalue weighted by Gasteiger charge is 2.42. The van der Waals surface area contributed by atoms with Gasteiger partial charge in [-0.3, -0.25) is 4.98 Å². The smallest absolute Gasteiger partial charge is 0.174 e. The van der Waals surface area contributed by atoms with E-state index in [1.54, 1.807) is 19.2 Å². The molecule has 1 saturated heterocycles. The van der Waals surface area contributed by atoms with Crippen LogP contribution in [0.4, 0.5) is 10.1 Å². The summed E-state index contributed by atoms with van der Waals surface area (Å²) in [6.45, 7) is 3.85. The van der Waals surface area contributed by atoms with Gasteiger partial charge in [0.15, 0.2) is 5.11 Å². The Bertz CT molecular complexity index is 1270. The Morgan fingerprint density at radius 2 is 1.72 bits per heavy atom. The number of thiocarbonyl (C=S) groups is 1. The van der Waals surface area contributed by atoms with E-state index >= 15 is 0 Å². The van der Waals surface area contributed by atoms with Crippen molar-refractivity contribution in [3.63, 3.8) is 0 Å². The molecule has 1 aliphatic rings. The summed E-state index contributed by atoms with van der Waals surface area (Å²) in [5.74, 6) is -0.229. The van der Waals surface area contributed by atoms with Crippen LogP contribution in [0, 0.1) is 19.7 Å². The van der Waals surface area contributed by atoms with Gasteiger partial charge in [-0.05, 0) is 86.2 Å². The number of benzene rings is 2. The zero-order valence-electron chi connectivity index (χ0n) is 17.9. The molecule has 4 aromatic rings. The van der Waals surface area contributed by atoms with E-state index in [1.807, 2.05) is 30.3 Å². The first kappa shape index (κ1) is 20.4. The van der Waals surface area contributed by atoms with Crippen LogP contribution in [0.5, 0.6) is 0 Å². The van der Waals surface area contributed by atoms with Crippen LogP contribution in [0.3, 0.4) is 0 Å². The molecule has 1 aliphatic heterocycles. The van der Waals surface area contributed by atoms with Gasteiger partial charge in [0.25, 0.3) is 0 Å². The predicted molar refractivity (Wildman–Crippen MR) is 130 cm³/mol. The number of aryl methyl sites for hydroxylation is 2. The van der Waals surface area contributed by atoms with E-state index in [0.29, 0.717) is 10.7 Å². The lowest BCUT2D eigenvalue weighted by Crippen LogP contribution is -2.30. The molecule has 2 atom stereocenters. The fraction of sp³-hybridized carbons (Fsp3) is 0.154. The van der Waals surface area contributed by atoms with Crippen LogP contribution in [0.1, 0.15) is 34.6 Å². The van der Waals surface area contributed by atoms with E-state index in [1.165, 1.54) is 11.6 Å². The normalized spacial score (nSPS) is 18.1. The van der Waals surface area contributed by atoms with Gasteiger partial charge in [-0.1, -0.05) is 23.8 Å². The number of nitrogens with zero attached hydrogens (tertiary/aromatic N) is 3. The Hall–Kier alpha value is -3.51. The van der Waals surface area contributed by atoms with Crippen LogP contribution < -0.4 is 10.2 Å². The summed E-state index contributed by atoms with van der Waals surface area (Å²) in [5.41, 5.74) is 5.68. The highest BCUT2D eigenvalue weighted by molar-refractivity contribution is 7.80. The summed E-state index contributed by atoms with van der Waals surface area (Å²) in [6.07, 6.45) is 3.85. The molecule has 32 heavy (non-hydrogen) atoms. The molecular weight excluding hydrogens is 419 g/mol. The average Bonchev–Trinajstić information content (AvgIpc) is 3.41. The molecule has 1 fully saturated rings. The summed E-state index contributed by atoms with van der Waals surface area (Å²) in [7, 11) is 0. The lowest BCUT2D eigenvalue weighted by Gasteiger charge is -2.29. The van der Waals surface area contributed by atoms with Crippen molar-refractivity contribution in [2.45, 2.75) is 25.9 Å². The van der Waals surface area contributed by atoms with Crippen molar-refractivity contribution in [3.8, 4) is 5.69 Å². The van der Waals surface area contributed by atoms with Crippen molar-refractivity contribution < 1.29 is 4.39 Å². The van der Waals surface area contributed by atoms with E-state index in [9.17, 15) is 4.39 Å². The highest BCUT2D eigenvalue weighted by atomic mass is 32.1. The van der Waals surface area contributed by atoms with Crippen molar-refractivity contribution in [1.29, 1.82) is 0 Å². The van der Waals surface area contributed by atoms with E-state index in [0.717, 1.165) is 22.8 Å². The lowest BCUT2D eigenvalue weighted by molar-refractivity contribution is 0.549. The molecule has 0 radical (unpaired) electrons. The average molecular weight is 443 g/mol. The molecule has 2 aromatic heterocycles. The summed E-state index contributed by atoms with van der Waals surface area (Å²) in [5, 5.41) is 4.06. The Morgan fingerprint density at radius 3 is 2.44 bits per heavy atom. The SMILES string of the molecule is Cc1ccc(-n2cccc2[C@H]2[C@@H](c3ccccn3)NC(=S)N2c2ccc(F)c(C)c2)cc1. The maximum atomic E-state index is 14.0. The third-order valence-corrected chi connectivity index (χ3v) is 6.23. The van der Waals surface area contributed by atoms with E-state index in [2.05, 4.69) is 63.2 Å². The van der Waals surface area contributed by atoms with Crippen molar-refractivity contribution in [2.75, 3.05) is 4.90 Å². The van der Waals surface area contributed by atoms with Crippen molar-refractivity contribution in [3.05, 3.63) is 114 Å². The second-order valence-electron chi connectivity index (χ2n) is 8.07. The molecule has 2 aromatic carbocycles. The van der Waals surface area contributed by atoms with Crippen molar-refractivity contribution in [1.82, 2.24) is 14.9 Å². The Labute approximate surface area is 192 Å². The van der Waals surface area contributed by atoms with Gasteiger partial charge in [0.2, 0.25) is 0 Å². The molecule has 5 rings (SSSR count). The first-order chi connectivity index (χ1) is 15.5. The number of halogens is 1. The molecule has 0 saturated carbocycles. The molecule has 0 bridgehead atoms. The minimum atomic E-state index is -0.229. The Kier molecular flexibility index (Phi) is 5.23. The Balaban J connectivity index is 1.67. The van der Waals surface area contributed by atoms with Gasteiger partial charge in [-0.15, -0.1) is 0 Å². The minimum absolute atomic E-state index is 0.159. The minimum Gasteiger partial charge on any atom is -0.351 e. The standard InChI is InChI=1S/C26H23FN4S/c1-17-8-10-19(11-9-17)30-15-5-7-23(30)25-24(22-6-3-4-14-28-22)29-26(32)31(25)20-12-13-21(27)18(2)16-20/h3-16,24-25H,1-2H3,(H,29,32)/t24-,25+/m1/s1. The maximum absolute atomic E-state index is 14.0. The third kappa shape index (κ3) is 3.56. The number of hydrogen-bond donors (Lipinski definition) is 1. The first-order valence-corrected chi connectivity index (χ1v) is 10.9. The highest BCUT2D eigenvalue weighted by Crippen LogP contribution is 2.42. The molecule has 160 valence electrons. The van der Waals surface area contributed by atoms with Crippen LogP contribution in [-0.2, 0) is 0 Å². The molecular formula is C26H23FN4S. The molecule has 6 heteroatoms. The second kappa shape index (κ2) is 8.20. The zero-order chi connectivity index (χ0) is 22.2. The molecule has 4 nitrogen and oxygen atoms in total. The van der Waals surface area contributed by atoms with Gasteiger partial charge < -0.3 is 14.8 Å². The van der Waals surface area contributed by atoms with Crippen LogP contribution >= 0.6 is 12.2 Å². The monoisotopic (exact) mass is 442 g/mol. The van der Waals surface area contributed by atoms with Crippen LogP contribution in [-0.4, -0.2) is 14.7 Å². The van der Waals surface area contributed by atoms with E-state index in [-0.39, 0.29) is 17.9 Å². The van der Waals surface area contributed by atoms with Gasteiger partial charge in [-0.2, -0.15) is 0 Å². The van der Waals surface area contributed by atoms with Crippen LogP contribution in [0.15, 0.2) is 85.2 Å². The first-order valence-electron chi connectivity index (χ1n) is 10.5. The van der Waals surface area contributed by atoms with E-state index < -0.39 is 0 Å². The summed E-state index contributed by atoms with van der Waals surface area (Å²) >= 11 is 5.79. The van der Waals surface area contributed by atoms with Gasteiger partial charge in [0.05, 0.1) is 11.7 Å². The van der Waals surface area contributed by atoms with Crippen molar-refractivity contribution in [2.24, 2.45) is 0 Å². The number of anilines is 1. The van der Waals surface area contributed by atoms with Crippen LogP contribution in [0.2, 0.25) is 0 Å². The van der Waals surface area contributed by atoms with Gasteiger partial charge in [-0.25, -0.2) is 4.39 Å². The quantitative estimate of drug-likeness (QED) is 0.405. The second-order valence-corrected chi connectivity index (χ2v) is 8.46. The van der Waals surface area contributed by atoms with Crippen LogP contribution in [0.25, 0.3) is 5.69 Å². The summed E-state index contributed by atoms with van der Waals surface area (Å²) in [4.78, 5) is 6.68. The summed E-state index contributed by atoms with van der Waals surface area (Å²) < 4.78 is 16.2. The fourth-order valence-electron chi connectivity index (χ4n) is 4.29. The van der Waals surface area contributed by atoms with E-state index in [4.69, 9.17) is 12.2 Å².